The monoisotopic (exact) mass is 508 g/mol. The summed E-state index contributed by atoms with van der Waals surface area (Å²) in [5.74, 6) is -0.390. The van der Waals surface area contributed by atoms with Gasteiger partial charge in [-0.05, 0) is 61.5 Å². The number of aryl methyl sites for hydroxylation is 1. The summed E-state index contributed by atoms with van der Waals surface area (Å²) in [5, 5.41) is 3.04. The van der Waals surface area contributed by atoms with E-state index in [-0.39, 0.29) is 27.1 Å². The lowest BCUT2D eigenvalue weighted by Gasteiger charge is -2.13. The van der Waals surface area contributed by atoms with Crippen LogP contribution >= 0.6 is 23.4 Å². The highest BCUT2D eigenvalue weighted by Crippen LogP contribution is 2.34. The van der Waals surface area contributed by atoms with Crippen LogP contribution in [0.4, 0.5) is 11.4 Å². The summed E-state index contributed by atoms with van der Waals surface area (Å²) in [6, 6.07) is 28.3. The molecule has 0 aliphatic heterocycles. The average molecular weight is 509 g/mol. The number of benzene rings is 4. The first kappa shape index (κ1) is 23.9. The zero-order chi connectivity index (χ0) is 24.1. The third kappa shape index (κ3) is 5.80. The number of halogens is 1. The maximum atomic E-state index is 12.9. The smallest absolute Gasteiger partial charge is 0.261 e. The number of sulfonamides is 1. The molecule has 0 atom stereocenters. The van der Waals surface area contributed by atoms with Crippen LogP contribution in [0.2, 0.25) is 5.02 Å². The van der Waals surface area contributed by atoms with Gasteiger partial charge in [0.25, 0.3) is 15.9 Å². The van der Waals surface area contributed by atoms with Gasteiger partial charge in [-0.2, -0.15) is 0 Å². The summed E-state index contributed by atoms with van der Waals surface area (Å²) in [4.78, 5) is 15.0. The maximum Gasteiger partial charge on any atom is 0.261 e. The first-order valence-corrected chi connectivity index (χ1v) is 13.0. The van der Waals surface area contributed by atoms with Crippen molar-refractivity contribution in [2.45, 2.75) is 21.6 Å². The molecule has 0 saturated heterocycles. The Kier molecular flexibility index (Phi) is 7.26. The van der Waals surface area contributed by atoms with Gasteiger partial charge in [-0.25, -0.2) is 8.42 Å². The van der Waals surface area contributed by atoms with Gasteiger partial charge in [-0.15, -0.1) is 0 Å². The lowest BCUT2D eigenvalue weighted by atomic mass is 10.2. The second-order valence-corrected chi connectivity index (χ2v) is 10.7. The van der Waals surface area contributed by atoms with Crippen molar-refractivity contribution in [1.82, 2.24) is 0 Å². The van der Waals surface area contributed by atoms with E-state index in [9.17, 15) is 13.2 Å². The number of rotatable bonds is 7. The molecule has 1 amide bonds. The van der Waals surface area contributed by atoms with Gasteiger partial charge in [-0.1, -0.05) is 71.4 Å². The van der Waals surface area contributed by atoms with Crippen molar-refractivity contribution in [3.63, 3.8) is 0 Å². The molecule has 0 saturated carbocycles. The summed E-state index contributed by atoms with van der Waals surface area (Å²) in [5.41, 5.74) is 2.12. The van der Waals surface area contributed by atoms with Crippen LogP contribution in [0.25, 0.3) is 0 Å². The van der Waals surface area contributed by atoms with Gasteiger partial charge in [0.2, 0.25) is 0 Å². The second kappa shape index (κ2) is 10.3. The largest absolute Gasteiger partial charge is 0.321 e. The minimum absolute atomic E-state index is 0.134. The quantitative estimate of drug-likeness (QED) is 0.286. The Morgan fingerprint density at radius 2 is 1.53 bits per heavy atom. The fraction of sp³-hybridized carbons (Fsp3) is 0.0385. The van der Waals surface area contributed by atoms with Crippen molar-refractivity contribution in [2.75, 3.05) is 10.0 Å². The van der Waals surface area contributed by atoms with Gasteiger partial charge in [0.15, 0.2) is 0 Å². The van der Waals surface area contributed by atoms with Gasteiger partial charge < -0.3 is 5.32 Å². The van der Waals surface area contributed by atoms with Crippen LogP contribution in [0, 0.1) is 6.92 Å². The Morgan fingerprint density at radius 3 is 2.24 bits per heavy atom. The van der Waals surface area contributed by atoms with Crippen molar-refractivity contribution in [3.8, 4) is 0 Å². The minimum Gasteiger partial charge on any atom is -0.321 e. The molecule has 4 rings (SSSR count). The van der Waals surface area contributed by atoms with Crippen molar-refractivity contribution in [1.29, 1.82) is 0 Å². The normalized spacial score (nSPS) is 11.1. The Hall–Kier alpha value is -3.26. The lowest BCUT2D eigenvalue weighted by molar-refractivity contribution is 0.102. The number of carbonyl (C=O) groups excluding carboxylic acids is 1. The van der Waals surface area contributed by atoms with E-state index in [2.05, 4.69) is 10.0 Å². The van der Waals surface area contributed by atoms with E-state index in [4.69, 9.17) is 11.6 Å². The molecule has 34 heavy (non-hydrogen) atoms. The van der Waals surface area contributed by atoms with E-state index in [0.29, 0.717) is 5.69 Å². The van der Waals surface area contributed by atoms with Crippen LogP contribution in [0.5, 0.6) is 0 Å². The Balaban J connectivity index is 1.51. The zero-order valence-electron chi connectivity index (χ0n) is 18.2. The third-order valence-corrected chi connectivity index (χ3v) is 7.70. The molecule has 8 heteroatoms. The number of para-hydroxylation sites is 1. The number of hydrogen-bond donors (Lipinski definition) is 2. The number of nitrogens with one attached hydrogen (secondary N) is 2. The molecular formula is C26H21ClN2O3S2. The second-order valence-electron chi connectivity index (χ2n) is 7.48. The summed E-state index contributed by atoms with van der Waals surface area (Å²) in [6.45, 7) is 1.88. The van der Waals surface area contributed by atoms with Gasteiger partial charge in [0.05, 0.1) is 26.9 Å². The number of amides is 1. The van der Waals surface area contributed by atoms with E-state index in [1.165, 1.54) is 42.1 Å². The lowest BCUT2D eigenvalue weighted by Crippen LogP contribution is -2.15. The highest BCUT2D eigenvalue weighted by Gasteiger charge is 2.17. The standard InChI is InChI=1S/C26H21ClN2O3S2/c1-18-11-14-21(15-12-18)34(31,32)29-19-13-16-22(23(27)17-19)26(30)28-24-9-5-6-10-25(24)33-20-7-3-2-4-8-20/h2-17,29H,1H3,(H,28,30). The summed E-state index contributed by atoms with van der Waals surface area (Å²) in [6.07, 6.45) is 0. The molecule has 0 aromatic heterocycles. The van der Waals surface area contributed by atoms with Gasteiger partial charge in [0, 0.05) is 9.79 Å². The SMILES string of the molecule is Cc1ccc(S(=O)(=O)Nc2ccc(C(=O)Nc3ccccc3Sc3ccccc3)c(Cl)c2)cc1. The first-order valence-electron chi connectivity index (χ1n) is 10.3. The molecule has 0 spiro atoms. The predicted molar refractivity (Wildman–Crippen MR) is 138 cm³/mol. The van der Waals surface area contributed by atoms with Crippen molar-refractivity contribution >= 4 is 50.7 Å². The summed E-state index contributed by atoms with van der Waals surface area (Å²) in [7, 11) is -3.78. The predicted octanol–water partition coefficient (Wildman–Crippen LogP) is 6.85. The van der Waals surface area contributed by atoms with Crippen LogP contribution in [0.1, 0.15) is 15.9 Å². The van der Waals surface area contributed by atoms with E-state index >= 15 is 0 Å². The molecule has 4 aromatic rings. The third-order valence-electron chi connectivity index (χ3n) is 4.90. The molecule has 0 aliphatic carbocycles. The van der Waals surface area contributed by atoms with Crippen molar-refractivity contribution < 1.29 is 13.2 Å². The maximum absolute atomic E-state index is 12.9. The van der Waals surface area contributed by atoms with Crippen LogP contribution < -0.4 is 10.0 Å². The Labute approximate surface area is 208 Å². The number of anilines is 2. The van der Waals surface area contributed by atoms with Crippen LogP contribution in [0.15, 0.2) is 112 Å². The molecule has 5 nitrogen and oxygen atoms in total. The van der Waals surface area contributed by atoms with Crippen LogP contribution in [-0.4, -0.2) is 14.3 Å². The van der Waals surface area contributed by atoms with E-state index in [1.807, 2.05) is 61.5 Å². The molecule has 0 radical (unpaired) electrons. The fourth-order valence-corrected chi connectivity index (χ4v) is 5.40. The van der Waals surface area contributed by atoms with E-state index < -0.39 is 10.0 Å². The van der Waals surface area contributed by atoms with Gasteiger partial charge in [-0.3, -0.25) is 9.52 Å². The topological polar surface area (TPSA) is 75.3 Å². The van der Waals surface area contributed by atoms with E-state index in [0.717, 1.165) is 15.4 Å². The van der Waals surface area contributed by atoms with Crippen molar-refractivity contribution in [2.24, 2.45) is 0 Å². The highest BCUT2D eigenvalue weighted by atomic mass is 35.5. The molecular weight excluding hydrogens is 488 g/mol. The highest BCUT2D eigenvalue weighted by molar-refractivity contribution is 7.99. The first-order chi connectivity index (χ1) is 16.3. The number of carbonyl (C=O) groups is 1. The van der Waals surface area contributed by atoms with Gasteiger partial charge >= 0.3 is 0 Å². The van der Waals surface area contributed by atoms with E-state index in [1.54, 1.807) is 12.1 Å². The van der Waals surface area contributed by atoms with Crippen LogP contribution in [0.3, 0.4) is 0 Å². The molecule has 0 aliphatic rings. The molecule has 4 aromatic carbocycles. The Morgan fingerprint density at radius 1 is 0.853 bits per heavy atom. The molecule has 0 fully saturated rings. The molecule has 2 N–H and O–H groups in total. The molecule has 0 heterocycles. The fourth-order valence-electron chi connectivity index (χ4n) is 3.16. The molecule has 0 bridgehead atoms. The van der Waals surface area contributed by atoms with Gasteiger partial charge in [0.1, 0.15) is 0 Å². The molecule has 0 unspecified atom stereocenters. The number of hydrogen-bond acceptors (Lipinski definition) is 4. The molecule has 172 valence electrons. The summed E-state index contributed by atoms with van der Waals surface area (Å²) >= 11 is 7.89. The van der Waals surface area contributed by atoms with Crippen molar-refractivity contribution in [3.05, 3.63) is 113 Å². The Bertz CT molecular complexity index is 1420. The van der Waals surface area contributed by atoms with Crippen LogP contribution in [-0.2, 0) is 10.0 Å². The zero-order valence-corrected chi connectivity index (χ0v) is 20.5. The summed E-state index contributed by atoms with van der Waals surface area (Å²) < 4.78 is 27.8. The minimum atomic E-state index is -3.78. The average Bonchev–Trinajstić information content (AvgIpc) is 2.81.